The summed E-state index contributed by atoms with van der Waals surface area (Å²) in [4.78, 5) is 32.7. The number of amides is 2. The standard InChI is InChI=1S/C24H30N4O2/c1-26-14-16-27(17-15-26)13-7-12-25-23(29)22-18-20-10-5-6-11-21(20)28(22)24(30)19-8-3-2-4-9-19/h2-6,8-11,22H,7,12-18H2,1H3,(H,25,29). The molecule has 2 aromatic carbocycles. The van der Waals surface area contributed by atoms with Gasteiger partial charge in [-0.25, -0.2) is 0 Å². The van der Waals surface area contributed by atoms with Crippen LogP contribution in [0, 0.1) is 0 Å². The first-order valence-corrected chi connectivity index (χ1v) is 10.8. The highest BCUT2D eigenvalue weighted by Crippen LogP contribution is 2.33. The lowest BCUT2D eigenvalue weighted by molar-refractivity contribution is -0.122. The number of hydrogen-bond donors (Lipinski definition) is 1. The third kappa shape index (κ3) is 4.55. The fourth-order valence-corrected chi connectivity index (χ4v) is 4.27. The van der Waals surface area contributed by atoms with Crippen LogP contribution in [0.2, 0.25) is 0 Å². The van der Waals surface area contributed by atoms with E-state index in [4.69, 9.17) is 0 Å². The number of benzene rings is 2. The molecule has 1 fully saturated rings. The fraction of sp³-hybridized carbons (Fsp3) is 0.417. The Labute approximate surface area is 178 Å². The number of para-hydroxylation sites is 1. The summed E-state index contributed by atoms with van der Waals surface area (Å²) in [6.45, 7) is 5.99. The first-order valence-electron chi connectivity index (χ1n) is 10.8. The van der Waals surface area contributed by atoms with E-state index in [2.05, 4.69) is 22.2 Å². The molecule has 1 saturated heterocycles. The molecule has 1 unspecified atom stereocenters. The number of nitrogens with zero attached hydrogens (tertiary/aromatic N) is 3. The van der Waals surface area contributed by atoms with Gasteiger partial charge >= 0.3 is 0 Å². The number of piperazine rings is 1. The lowest BCUT2D eigenvalue weighted by atomic mass is 10.1. The number of likely N-dealkylation sites (N-methyl/N-ethyl adjacent to an activating group) is 1. The zero-order chi connectivity index (χ0) is 20.9. The van der Waals surface area contributed by atoms with Gasteiger partial charge in [-0.1, -0.05) is 36.4 Å². The Kier molecular flexibility index (Phi) is 6.45. The highest BCUT2D eigenvalue weighted by atomic mass is 16.2. The van der Waals surface area contributed by atoms with Gasteiger partial charge in [-0.2, -0.15) is 0 Å². The minimum atomic E-state index is -0.501. The number of anilines is 1. The molecule has 2 aromatic rings. The molecule has 0 bridgehead atoms. The molecule has 0 radical (unpaired) electrons. The Hall–Kier alpha value is -2.70. The van der Waals surface area contributed by atoms with Crippen LogP contribution < -0.4 is 10.2 Å². The van der Waals surface area contributed by atoms with Gasteiger partial charge in [-0.3, -0.25) is 14.5 Å². The van der Waals surface area contributed by atoms with E-state index < -0.39 is 6.04 Å². The topological polar surface area (TPSA) is 55.9 Å². The largest absolute Gasteiger partial charge is 0.354 e. The van der Waals surface area contributed by atoms with E-state index in [1.54, 1.807) is 17.0 Å². The minimum Gasteiger partial charge on any atom is -0.354 e. The summed E-state index contributed by atoms with van der Waals surface area (Å²) >= 11 is 0. The number of carbonyl (C=O) groups is 2. The quantitative estimate of drug-likeness (QED) is 0.746. The van der Waals surface area contributed by atoms with E-state index in [0.717, 1.165) is 50.4 Å². The molecule has 30 heavy (non-hydrogen) atoms. The normalized spacial score (nSPS) is 19.5. The number of fused-ring (bicyclic) bond motifs is 1. The van der Waals surface area contributed by atoms with Crippen molar-refractivity contribution in [3.05, 3.63) is 65.7 Å². The van der Waals surface area contributed by atoms with Crippen molar-refractivity contribution in [1.29, 1.82) is 0 Å². The first-order chi connectivity index (χ1) is 14.6. The van der Waals surface area contributed by atoms with Gasteiger partial charge in [-0.05, 0) is 43.8 Å². The number of rotatable bonds is 6. The van der Waals surface area contributed by atoms with E-state index in [9.17, 15) is 9.59 Å². The van der Waals surface area contributed by atoms with Gasteiger partial charge in [0.05, 0.1) is 0 Å². The van der Waals surface area contributed by atoms with Crippen molar-refractivity contribution in [2.24, 2.45) is 0 Å². The van der Waals surface area contributed by atoms with Crippen LogP contribution in [-0.4, -0.2) is 74.0 Å². The van der Waals surface area contributed by atoms with Crippen LogP contribution in [0.5, 0.6) is 0 Å². The highest BCUT2D eigenvalue weighted by molar-refractivity contribution is 6.11. The monoisotopic (exact) mass is 406 g/mol. The SMILES string of the molecule is CN1CCN(CCCNC(=O)C2Cc3ccccc3N2C(=O)c2ccccc2)CC1. The Balaban J connectivity index is 1.38. The summed E-state index contributed by atoms with van der Waals surface area (Å²) in [6.07, 6.45) is 1.47. The van der Waals surface area contributed by atoms with Gasteiger partial charge in [0.25, 0.3) is 5.91 Å². The number of nitrogens with one attached hydrogen (secondary N) is 1. The van der Waals surface area contributed by atoms with E-state index in [1.165, 1.54) is 0 Å². The summed E-state index contributed by atoms with van der Waals surface area (Å²) in [5.74, 6) is -0.202. The molecule has 2 aliphatic rings. The molecular formula is C24H30N4O2. The summed E-state index contributed by atoms with van der Waals surface area (Å²) in [5, 5.41) is 3.07. The molecule has 0 aromatic heterocycles. The van der Waals surface area contributed by atoms with Crippen LogP contribution >= 0.6 is 0 Å². The molecule has 2 heterocycles. The van der Waals surface area contributed by atoms with Crippen molar-refractivity contribution in [3.63, 3.8) is 0 Å². The Morgan fingerprint density at radius 2 is 1.67 bits per heavy atom. The van der Waals surface area contributed by atoms with Crippen molar-refractivity contribution < 1.29 is 9.59 Å². The second kappa shape index (κ2) is 9.41. The molecule has 0 saturated carbocycles. The predicted octanol–water partition coefficient (Wildman–Crippen LogP) is 2.01. The maximum atomic E-state index is 13.2. The second-order valence-electron chi connectivity index (χ2n) is 8.18. The Bertz CT molecular complexity index is 878. The van der Waals surface area contributed by atoms with Crippen LogP contribution in [-0.2, 0) is 11.2 Å². The molecule has 2 amide bonds. The van der Waals surface area contributed by atoms with Crippen molar-refractivity contribution in [2.75, 3.05) is 51.2 Å². The van der Waals surface area contributed by atoms with Crippen LogP contribution in [0.1, 0.15) is 22.3 Å². The molecule has 158 valence electrons. The molecule has 1 atom stereocenters. The molecule has 4 rings (SSSR count). The van der Waals surface area contributed by atoms with Crippen LogP contribution in [0.25, 0.3) is 0 Å². The average molecular weight is 407 g/mol. The lowest BCUT2D eigenvalue weighted by Crippen LogP contribution is -2.49. The second-order valence-corrected chi connectivity index (χ2v) is 8.18. The maximum Gasteiger partial charge on any atom is 0.259 e. The smallest absolute Gasteiger partial charge is 0.259 e. The Morgan fingerprint density at radius 1 is 0.967 bits per heavy atom. The molecule has 0 aliphatic carbocycles. The lowest BCUT2D eigenvalue weighted by Gasteiger charge is -2.32. The van der Waals surface area contributed by atoms with Gasteiger partial charge in [0.1, 0.15) is 6.04 Å². The van der Waals surface area contributed by atoms with Crippen LogP contribution in [0.15, 0.2) is 54.6 Å². The highest BCUT2D eigenvalue weighted by Gasteiger charge is 2.38. The third-order valence-electron chi connectivity index (χ3n) is 6.06. The molecule has 0 spiro atoms. The molecular weight excluding hydrogens is 376 g/mol. The van der Waals surface area contributed by atoms with E-state index >= 15 is 0 Å². The van der Waals surface area contributed by atoms with Gasteiger partial charge < -0.3 is 15.1 Å². The number of hydrogen-bond acceptors (Lipinski definition) is 4. The van der Waals surface area contributed by atoms with Gasteiger partial charge in [0.2, 0.25) is 5.91 Å². The van der Waals surface area contributed by atoms with Gasteiger partial charge in [0, 0.05) is 50.4 Å². The first kappa shape index (κ1) is 20.6. The zero-order valence-corrected chi connectivity index (χ0v) is 17.6. The summed E-state index contributed by atoms with van der Waals surface area (Å²) in [6, 6.07) is 16.5. The molecule has 6 heteroatoms. The Morgan fingerprint density at radius 3 is 2.43 bits per heavy atom. The minimum absolute atomic E-state index is 0.0751. The zero-order valence-electron chi connectivity index (χ0n) is 17.6. The van der Waals surface area contributed by atoms with Crippen molar-refractivity contribution >= 4 is 17.5 Å². The summed E-state index contributed by atoms with van der Waals surface area (Å²) in [7, 11) is 2.15. The summed E-state index contributed by atoms with van der Waals surface area (Å²) in [5.41, 5.74) is 2.48. The maximum absolute atomic E-state index is 13.2. The van der Waals surface area contributed by atoms with Crippen molar-refractivity contribution in [1.82, 2.24) is 15.1 Å². The van der Waals surface area contributed by atoms with E-state index in [0.29, 0.717) is 18.5 Å². The van der Waals surface area contributed by atoms with Crippen molar-refractivity contribution in [3.8, 4) is 0 Å². The molecule has 2 aliphatic heterocycles. The van der Waals surface area contributed by atoms with Gasteiger partial charge in [0.15, 0.2) is 0 Å². The van der Waals surface area contributed by atoms with Crippen LogP contribution in [0.4, 0.5) is 5.69 Å². The fourth-order valence-electron chi connectivity index (χ4n) is 4.27. The van der Waals surface area contributed by atoms with Crippen molar-refractivity contribution in [2.45, 2.75) is 18.9 Å². The third-order valence-corrected chi connectivity index (χ3v) is 6.06. The molecule has 1 N–H and O–H groups in total. The predicted molar refractivity (Wildman–Crippen MR) is 119 cm³/mol. The average Bonchev–Trinajstić information content (AvgIpc) is 3.17. The van der Waals surface area contributed by atoms with E-state index in [1.807, 2.05) is 42.5 Å². The summed E-state index contributed by atoms with van der Waals surface area (Å²) < 4.78 is 0. The van der Waals surface area contributed by atoms with Gasteiger partial charge in [-0.15, -0.1) is 0 Å². The molecule has 6 nitrogen and oxygen atoms in total. The number of carbonyl (C=O) groups excluding carboxylic acids is 2. The van der Waals surface area contributed by atoms with Crippen LogP contribution in [0.3, 0.4) is 0 Å². The van der Waals surface area contributed by atoms with E-state index in [-0.39, 0.29) is 11.8 Å².